The summed E-state index contributed by atoms with van der Waals surface area (Å²) in [5.74, 6) is -0.494. The number of hydrogen-bond donors (Lipinski definition) is 0. The average molecular weight is 313 g/mol. The first-order chi connectivity index (χ1) is 11.2. The van der Waals surface area contributed by atoms with E-state index in [0.29, 0.717) is 12.1 Å². The quantitative estimate of drug-likeness (QED) is 0.670. The summed E-state index contributed by atoms with van der Waals surface area (Å²) in [6, 6.07) is 8.54. The number of rotatable bonds is 4. The van der Waals surface area contributed by atoms with Gasteiger partial charge in [0, 0.05) is 0 Å². The van der Waals surface area contributed by atoms with Crippen molar-refractivity contribution in [2.45, 2.75) is 19.4 Å². The Morgan fingerprint density at radius 3 is 2.70 bits per heavy atom. The fourth-order valence-corrected chi connectivity index (χ4v) is 2.40. The molecule has 8 heteroatoms. The minimum absolute atomic E-state index is 0.110. The molecular formula is C15H15N5O3. The van der Waals surface area contributed by atoms with E-state index in [2.05, 4.69) is 15.3 Å². The second kappa shape index (κ2) is 5.99. The number of carbonyl (C=O) groups excluding carboxylic acids is 1. The van der Waals surface area contributed by atoms with Gasteiger partial charge in [0.15, 0.2) is 11.2 Å². The van der Waals surface area contributed by atoms with Crippen molar-refractivity contribution in [1.29, 1.82) is 0 Å². The highest BCUT2D eigenvalue weighted by molar-refractivity contribution is 5.75. The minimum atomic E-state index is -0.730. The number of benzene rings is 1. The van der Waals surface area contributed by atoms with Crippen molar-refractivity contribution in [3.63, 3.8) is 0 Å². The first-order valence-electron chi connectivity index (χ1n) is 7.13. The molecule has 0 N–H and O–H groups in total. The van der Waals surface area contributed by atoms with Crippen molar-refractivity contribution < 1.29 is 9.53 Å². The lowest BCUT2D eigenvalue weighted by molar-refractivity contribution is -0.144. The number of esters is 1. The van der Waals surface area contributed by atoms with Crippen molar-refractivity contribution in [1.82, 2.24) is 24.5 Å². The molecular weight excluding hydrogens is 298 g/mol. The van der Waals surface area contributed by atoms with Gasteiger partial charge in [-0.25, -0.2) is 9.78 Å². The van der Waals surface area contributed by atoms with Crippen molar-refractivity contribution in [3.05, 3.63) is 47.0 Å². The molecule has 0 unspecified atom stereocenters. The van der Waals surface area contributed by atoms with E-state index < -0.39 is 17.6 Å². The Morgan fingerprint density at radius 1 is 1.30 bits per heavy atom. The third-order valence-corrected chi connectivity index (χ3v) is 3.58. The van der Waals surface area contributed by atoms with Gasteiger partial charge in [0.1, 0.15) is 12.4 Å². The highest BCUT2D eigenvalue weighted by atomic mass is 16.5. The monoisotopic (exact) mass is 313 g/mol. The van der Waals surface area contributed by atoms with Gasteiger partial charge in [-0.2, -0.15) is 4.68 Å². The summed E-state index contributed by atoms with van der Waals surface area (Å²) in [6.07, 6.45) is 1.74. The van der Waals surface area contributed by atoms with Crippen LogP contribution in [0.3, 0.4) is 0 Å². The van der Waals surface area contributed by atoms with Crippen LogP contribution in [0.25, 0.3) is 16.9 Å². The van der Waals surface area contributed by atoms with Gasteiger partial charge in [-0.1, -0.05) is 30.3 Å². The predicted molar refractivity (Wildman–Crippen MR) is 82.3 cm³/mol. The number of nitrogens with zero attached hydrogens (tertiary/aromatic N) is 5. The molecule has 0 saturated heterocycles. The second-order valence-electron chi connectivity index (χ2n) is 4.91. The lowest BCUT2D eigenvalue weighted by atomic mass is 10.2. The van der Waals surface area contributed by atoms with Crippen LogP contribution in [0.2, 0.25) is 0 Å². The molecule has 0 radical (unpaired) electrons. The molecule has 3 aromatic rings. The molecule has 1 aromatic carbocycles. The highest BCUT2D eigenvalue weighted by Gasteiger charge is 2.23. The van der Waals surface area contributed by atoms with Crippen LogP contribution in [-0.4, -0.2) is 37.6 Å². The van der Waals surface area contributed by atoms with Crippen LogP contribution < -0.4 is 5.56 Å². The number of ether oxygens (including phenoxy) is 1. The first kappa shape index (κ1) is 14.9. The summed E-state index contributed by atoms with van der Waals surface area (Å²) >= 11 is 0. The van der Waals surface area contributed by atoms with Crippen molar-refractivity contribution in [3.8, 4) is 5.69 Å². The van der Waals surface area contributed by atoms with Crippen molar-refractivity contribution in [2.24, 2.45) is 0 Å². The molecule has 0 aliphatic carbocycles. The summed E-state index contributed by atoms with van der Waals surface area (Å²) in [6.45, 7) is 1.79. The van der Waals surface area contributed by atoms with E-state index in [4.69, 9.17) is 4.74 Å². The lowest BCUT2D eigenvalue weighted by Gasteiger charge is -2.14. The van der Waals surface area contributed by atoms with Gasteiger partial charge in [0.2, 0.25) is 0 Å². The Balaban J connectivity index is 2.15. The van der Waals surface area contributed by atoms with Gasteiger partial charge >= 0.3 is 5.97 Å². The van der Waals surface area contributed by atoms with E-state index in [1.807, 2.05) is 30.3 Å². The molecule has 118 valence electrons. The maximum Gasteiger partial charge on any atom is 0.329 e. The zero-order valence-corrected chi connectivity index (χ0v) is 12.7. The summed E-state index contributed by atoms with van der Waals surface area (Å²) in [4.78, 5) is 28.7. The van der Waals surface area contributed by atoms with Gasteiger partial charge in [-0.15, -0.1) is 5.10 Å². The third kappa shape index (κ3) is 2.48. The fourth-order valence-electron chi connectivity index (χ4n) is 2.40. The van der Waals surface area contributed by atoms with E-state index >= 15 is 0 Å². The van der Waals surface area contributed by atoms with Crippen LogP contribution >= 0.6 is 0 Å². The molecule has 0 spiro atoms. The Morgan fingerprint density at radius 2 is 2.04 bits per heavy atom. The number of aromatic nitrogens is 5. The molecule has 1 atom stereocenters. The second-order valence-corrected chi connectivity index (χ2v) is 4.91. The van der Waals surface area contributed by atoms with E-state index in [0.717, 1.165) is 5.69 Å². The van der Waals surface area contributed by atoms with Crippen molar-refractivity contribution in [2.75, 3.05) is 7.11 Å². The molecule has 8 nitrogen and oxygen atoms in total. The molecule has 2 heterocycles. The Labute approximate surface area is 131 Å². The number of hydrogen-bond acceptors (Lipinski definition) is 6. The topological polar surface area (TPSA) is 91.9 Å². The van der Waals surface area contributed by atoms with Crippen LogP contribution in [0.4, 0.5) is 0 Å². The predicted octanol–water partition coefficient (Wildman–Crippen LogP) is 1.10. The van der Waals surface area contributed by atoms with Crippen LogP contribution in [0, 0.1) is 0 Å². The Hall–Kier alpha value is -3.03. The smallest absolute Gasteiger partial charge is 0.329 e. The summed E-state index contributed by atoms with van der Waals surface area (Å²) in [7, 11) is 1.29. The molecule has 0 fully saturated rings. The molecule has 2 aromatic heterocycles. The first-order valence-corrected chi connectivity index (χ1v) is 7.13. The van der Waals surface area contributed by atoms with E-state index in [1.54, 1.807) is 6.92 Å². The van der Waals surface area contributed by atoms with Crippen LogP contribution in [0.5, 0.6) is 0 Å². The van der Waals surface area contributed by atoms with Gasteiger partial charge in [-0.3, -0.25) is 9.36 Å². The van der Waals surface area contributed by atoms with Crippen LogP contribution in [0.15, 0.2) is 41.5 Å². The fraction of sp³-hybridized carbons (Fsp3) is 0.267. The third-order valence-electron chi connectivity index (χ3n) is 3.58. The Kier molecular flexibility index (Phi) is 3.88. The lowest BCUT2D eigenvalue weighted by Crippen LogP contribution is -2.30. The van der Waals surface area contributed by atoms with Crippen LogP contribution in [0.1, 0.15) is 19.4 Å². The maximum absolute atomic E-state index is 12.6. The highest BCUT2D eigenvalue weighted by Crippen LogP contribution is 2.14. The van der Waals surface area contributed by atoms with Crippen LogP contribution in [-0.2, 0) is 9.53 Å². The number of methoxy groups -OCH3 is 1. The van der Waals surface area contributed by atoms with E-state index in [-0.39, 0.29) is 5.52 Å². The molecule has 0 saturated carbocycles. The minimum Gasteiger partial charge on any atom is -0.467 e. The largest absolute Gasteiger partial charge is 0.467 e. The average Bonchev–Trinajstić information content (AvgIpc) is 3.03. The van der Waals surface area contributed by atoms with Gasteiger partial charge in [-0.05, 0) is 18.6 Å². The van der Waals surface area contributed by atoms with E-state index in [1.165, 1.54) is 22.7 Å². The summed E-state index contributed by atoms with van der Waals surface area (Å²) in [5.41, 5.74) is 0.782. The normalized spacial score (nSPS) is 12.3. The zero-order valence-electron chi connectivity index (χ0n) is 12.7. The van der Waals surface area contributed by atoms with Gasteiger partial charge in [0.25, 0.3) is 5.56 Å². The number of carbonyl (C=O) groups is 1. The molecule has 0 aliphatic rings. The molecule has 0 aliphatic heterocycles. The summed E-state index contributed by atoms with van der Waals surface area (Å²) in [5, 5.41) is 7.91. The summed E-state index contributed by atoms with van der Waals surface area (Å²) < 4.78 is 7.45. The van der Waals surface area contributed by atoms with Gasteiger partial charge < -0.3 is 4.74 Å². The van der Waals surface area contributed by atoms with Crippen molar-refractivity contribution >= 4 is 17.1 Å². The van der Waals surface area contributed by atoms with E-state index in [9.17, 15) is 9.59 Å². The molecule has 3 rings (SSSR count). The molecule has 0 bridgehead atoms. The number of para-hydroxylation sites is 1. The Bertz CT molecular complexity index is 900. The SMILES string of the molecule is CC[C@H](C(=O)OC)n1cnc2c(nnn2-c2ccccc2)c1=O. The zero-order chi connectivity index (χ0) is 16.4. The number of fused-ring (bicyclic) bond motifs is 1. The molecule has 0 amide bonds. The maximum atomic E-state index is 12.6. The molecule has 23 heavy (non-hydrogen) atoms. The standard InChI is InChI=1S/C15H15N5O3/c1-3-11(15(22)23-2)19-9-16-13-12(14(19)21)17-18-20(13)10-7-5-4-6-8-10/h4-9,11H,3H2,1-2H3/t11-/m1/s1. The van der Waals surface area contributed by atoms with Gasteiger partial charge in [0.05, 0.1) is 12.8 Å².